The number of carboxylic acid groups (broad SMARTS) is 1. The minimum atomic E-state index is -0.989. The molecule has 2 rings (SSSR count). The molecule has 0 aliphatic carbocycles. The van der Waals surface area contributed by atoms with Crippen molar-refractivity contribution in [1.29, 1.82) is 0 Å². The number of hydrogen-bond acceptors (Lipinski definition) is 5. The van der Waals surface area contributed by atoms with Crippen LogP contribution in [0.3, 0.4) is 0 Å². The van der Waals surface area contributed by atoms with Crippen LogP contribution in [0.15, 0.2) is 42.6 Å². The van der Waals surface area contributed by atoms with Crippen LogP contribution in [0.25, 0.3) is 0 Å². The Bertz CT molecular complexity index is 582. The third kappa shape index (κ3) is 4.38. The zero-order chi connectivity index (χ0) is 15.1. The average Bonchev–Trinajstić information content (AvgIpc) is 2.52. The second kappa shape index (κ2) is 7.14. The van der Waals surface area contributed by atoms with Gasteiger partial charge in [0.05, 0.1) is 19.2 Å². The highest BCUT2D eigenvalue weighted by molar-refractivity contribution is 5.87. The molecule has 0 aliphatic rings. The Hall–Kier alpha value is -2.76. The van der Waals surface area contributed by atoms with Crippen LogP contribution in [-0.2, 0) is 0 Å². The topological polar surface area (TPSA) is 80.7 Å². The van der Waals surface area contributed by atoms with Crippen molar-refractivity contribution in [3.63, 3.8) is 0 Å². The monoisotopic (exact) mass is 288 g/mol. The van der Waals surface area contributed by atoms with Crippen LogP contribution >= 0.6 is 0 Å². The number of carbonyl (C=O) groups is 1. The van der Waals surface area contributed by atoms with Crippen LogP contribution < -0.4 is 14.8 Å². The van der Waals surface area contributed by atoms with Crippen molar-refractivity contribution in [2.75, 3.05) is 25.6 Å². The Labute approximate surface area is 122 Å². The number of pyridine rings is 1. The predicted octanol–water partition coefficient (Wildman–Crippen LogP) is 2.28. The van der Waals surface area contributed by atoms with E-state index in [1.165, 1.54) is 12.3 Å². The van der Waals surface area contributed by atoms with Gasteiger partial charge in [0.2, 0.25) is 0 Å². The number of nitrogens with zero attached hydrogens (tertiary/aromatic N) is 1. The first kappa shape index (κ1) is 14.6. The average molecular weight is 288 g/mol. The summed E-state index contributed by atoms with van der Waals surface area (Å²) in [7, 11) is 1.61. The maximum Gasteiger partial charge on any atom is 0.337 e. The molecule has 0 saturated carbocycles. The van der Waals surface area contributed by atoms with Gasteiger partial charge in [-0.2, -0.15) is 0 Å². The molecule has 0 unspecified atom stereocenters. The van der Waals surface area contributed by atoms with Crippen LogP contribution in [0.5, 0.6) is 11.5 Å². The van der Waals surface area contributed by atoms with Crippen LogP contribution in [-0.4, -0.2) is 36.3 Å². The highest BCUT2D eigenvalue weighted by Crippen LogP contribution is 2.16. The molecular weight excluding hydrogens is 272 g/mol. The van der Waals surface area contributed by atoms with Crippen LogP contribution in [0.2, 0.25) is 0 Å². The summed E-state index contributed by atoms with van der Waals surface area (Å²) >= 11 is 0. The highest BCUT2D eigenvalue weighted by Gasteiger charge is 2.02. The molecule has 21 heavy (non-hydrogen) atoms. The summed E-state index contributed by atoms with van der Waals surface area (Å²) in [6.07, 6.45) is 1.31. The summed E-state index contributed by atoms with van der Waals surface area (Å²) in [6, 6.07) is 10.4. The van der Waals surface area contributed by atoms with E-state index in [0.717, 1.165) is 11.5 Å². The molecule has 0 saturated heterocycles. The molecule has 0 amide bonds. The fourth-order valence-corrected chi connectivity index (χ4v) is 1.64. The summed E-state index contributed by atoms with van der Waals surface area (Å²) in [6.45, 7) is 1.03. The first-order valence-electron chi connectivity index (χ1n) is 6.39. The van der Waals surface area contributed by atoms with Gasteiger partial charge in [0.25, 0.3) is 0 Å². The predicted molar refractivity (Wildman–Crippen MR) is 78.2 cm³/mol. The summed E-state index contributed by atoms with van der Waals surface area (Å²) in [5.41, 5.74) is 0.162. The van der Waals surface area contributed by atoms with Crippen LogP contribution in [0.4, 0.5) is 5.82 Å². The fourth-order valence-electron chi connectivity index (χ4n) is 1.64. The van der Waals surface area contributed by atoms with Gasteiger partial charge >= 0.3 is 5.97 Å². The standard InChI is InChI=1S/C15H16N2O4/c1-20-12-3-5-13(6-4-12)21-9-8-16-14-7-2-11(10-17-14)15(18)19/h2-7,10H,8-9H2,1H3,(H,16,17)(H,18,19). The van der Waals surface area contributed by atoms with Crippen molar-refractivity contribution < 1.29 is 19.4 Å². The van der Waals surface area contributed by atoms with Crippen molar-refractivity contribution in [2.24, 2.45) is 0 Å². The zero-order valence-corrected chi connectivity index (χ0v) is 11.6. The van der Waals surface area contributed by atoms with E-state index in [-0.39, 0.29) is 5.56 Å². The molecule has 1 aromatic carbocycles. The zero-order valence-electron chi connectivity index (χ0n) is 11.6. The largest absolute Gasteiger partial charge is 0.497 e. The number of benzene rings is 1. The smallest absolute Gasteiger partial charge is 0.337 e. The number of aromatic nitrogens is 1. The van der Waals surface area contributed by atoms with E-state index in [9.17, 15) is 4.79 Å². The van der Waals surface area contributed by atoms with Crippen molar-refractivity contribution in [1.82, 2.24) is 4.98 Å². The minimum absolute atomic E-state index is 0.162. The lowest BCUT2D eigenvalue weighted by atomic mass is 10.3. The van der Waals surface area contributed by atoms with Crippen LogP contribution in [0.1, 0.15) is 10.4 Å². The van der Waals surface area contributed by atoms with Crippen molar-refractivity contribution in [3.05, 3.63) is 48.2 Å². The number of carboxylic acids is 1. The Morgan fingerprint density at radius 3 is 2.48 bits per heavy atom. The van der Waals surface area contributed by atoms with Crippen molar-refractivity contribution in [3.8, 4) is 11.5 Å². The molecule has 1 heterocycles. The van der Waals surface area contributed by atoms with E-state index in [0.29, 0.717) is 19.0 Å². The molecule has 0 atom stereocenters. The molecule has 0 bridgehead atoms. The Balaban J connectivity index is 1.74. The number of nitrogens with one attached hydrogen (secondary N) is 1. The third-order valence-electron chi connectivity index (χ3n) is 2.75. The number of anilines is 1. The number of aromatic carboxylic acids is 1. The van der Waals surface area contributed by atoms with Gasteiger partial charge in [0, 0.05) is 6.20 Å². The van der Waals surface area contributed by atoms with E-state index in [4.69, 9.17) is 14.6 Å². The normalized spacial score (nSPS) is 9.95. The van der Waals surface area contributed by atoms with Gasteiger partial charge in [-0.05, 0) is 36.4 Å². The SMILES string of the molecule is COc1ccc(OCCNc2ccc(C(=O)O)cn2)cc1. The molecule has 2 N–H and O–H groups in total. The van der Waals surface area contributed by atoms with E-state index in [1.54, 1.807) is 13.2 Å². The molecule has 0 fully saturated rings. The summed E-state index contributed by atoms with van der Waals surface area (Å²) < 4.78 is 10.6. The minimum Gasteiger partial charge on any atom is -0.497 e. The number of rotatable bonds is 7. The number of hydrogen-bond donors (Lipinski definition) is 2. The van der Waals surface area contributed by atoms with Gasteiger partial charge in [-0.25, -0.2) is 9.78 Å². The molecule has 0 aliphatic heterocycles. The van der Waals surface area contributed by atoms with Gasteiger partial charge in [0.1, 0.15) is 23.9 Å². The van der Waals surface area contributed by atoms with Gasteiger partial charge < -0.3 is 19.9 Å². The highest BCUT2D eigenvalue weighted by atomic mass is 16.5. The van der Waals surface area contributed by atoms with Gasteiger partial charge in [0.15, 0.2) is 0 Å². The molecule has 0 radical (unpaired) electrons. The second-order valence-corrected chi connectivity index (χ2v) is 4.19. The van der Waals surface area contributed by atoms with Crippen molar-refractivity contribution >= 4 is 11.8 Å². The van der Waals surface area contributed by atoms with Gasteiger partial charge in [-0.15, -0.1) is 0 Å². The lowest BCUT2D eigenvalue weighted by Gasteiger charge is -2.08. The Kier molecular flexibility index (Phi) is 4.98. The van der Waals surface area contributed by atoms with E-state index >= 15 is 0 Å². The summed E-state index contributed by atoms with van der Waals surface area (Å²) in [5, 5.41) is 11.8. The lowest BCUT2D eigenvalue weighted by molar-refractivity contribution is 0.0696. The lowest BCUT2D eigenvalue weighted by Crippen LogP contribution is -2.12. The third-order valence-corrected chi connectivity index (χ3v) is 2.75. The van der Waals surface area contributed by atoms with Crippen LogP contribution in [0, 0.1) is 0 Å². The molecule has 1 aromatic heterocycles. The van der Waals surface area contributed by atoms with E-state index in [2.05, 4.69) is 10.3 Å². The van der Waals surface area contributed by atoms with Crippen molar-refractivity contribution in [2.45, 2.75) is 0 Å². The first-order chi connectivity index (χ1) is 10.2. The Morgan fingerprint density at radius 1 is 1.19 bits per heavy atom. The summed E-state index contributed by atoms with van der Waals surface area (Å²) in [4.78, 5) is 14.7. The molecule has 2 aromatic rings. The molecule has 6 heteroatoms. The maximum atomic E-state index is 10.7. The van der Waals surface area contributed by atoms with Gasteiger partial charge in [-0.1, -0.05) is 0 Å². The molecule has 0 spiro atoms. The molecule has 110 valence electrons. The fraction of sp³-hybridized carbons (Fsp3) is 0.200. The van der Waals surface area contributed by atoms with Gasteiger partial charge in [-0.3, -0.25) is 0 Å². The molecular formula is C15H16N2O4. The first-order valence-corrected chi connectivity index (χ1v) is 6.39. The summed E-state index contributed by atoms with van der Waals surface area (Å²) in [5.74, 6) is 1.16. The number of ether oxygens (including phenoxy) is 2. The quantitative estimate of drug-likeness (QED) is 0.761. The van der Waals surface area contributed by atoms with E-state index < -0.39 is 5.97 Å². The molecule has 6 nitrogen and oxygen atoms in total. The Morgan fingerprint density at radius 2 is 1.90 bits per heavy atom. The van der Waals surface area contributed by atoms with E-state index in [1.807, 2.05) is 24.3 Å². The maximum absolute atomic E-state index is 10.7. The second-order valence-electron chi connectivity index (χ2n) is 4.19. The number of methoxy groups -OCH3 is 1.